The Bertz CT molecular complexity index is 1450. The van der Waals surface area contributed by atoms with E-state index in [1.807, 2.05) is 12.1 Å². The number of nitrogens with one attached hydrogen (secondary N) is 1. The Labute approximate surface area is 196 Å². The molecule has 0 spiro atoms. The molecule has 1 atom stereocenters. The molecule has 9 heteroatoms. The molecular weight excluding hydrogens is 460 g/mol. The average Bonchev–Trinajstić information content (AvgIpc) is 3.21. The third-order valence-electron chi connectivity index (χ3n) is 5.79. The van der Waals surface area contributed by atoms with Crippen LogP contribution < -0.4 is 5.32 Å². The second-order valence-corrected chi connectivity index (χ2v) is 10.3. The largest absolute Gasteiger partial charge is 0.351 e. The fourth-order valence-electron chi connectivity index (χ4n) is 4.20. The number of halogens is 1. The number of hydrogen-bond donors (Lipinski definition) is 1. The highest BCUT2D eigenvalue weighted by molar-refractivity contribution is 7.90. The summed E-state index contributed by atoms with van der Waals surface area (Å²) in [5.41, 5.74) is 1.54. The summed E-state index contributed by atoms with van der Waals surface area (Å²) in [5, 5.41) is 4.24. The zero-order chi connectivity index (χ0) is 23.0. The number of carbonyl (C=O) groups excluding carboxylic acids is 1. The van der Waals surface area contributed by atoms with E-state index >= 15 is 0 Å². The van der Waals surface area contributed by atoms with Crippen molar-refractivity contribution in [2.24, 2.45) is 0 Å². The van der Waals surface area contributed by atoms with Crippen LogP contribution in [0.4, 0.5) is 5.95 Å². The van der Waals surface area contributed by atoms with Crippen molar-refractivity contribution in [2.75, 3.05) is 5.32 Å². The highest BCUT2D eigenvalue weighted by Gasteiger charge is 2.24. The Balaban J connectivity index is 1.61. The molecule has 0 saturated heterocycles. The summed E-state index contributed by atoms with van der Waals surface area (Å²) in [6, 6.07) is 15.5. The minimum absolute atomic E-state index is 0.0277. The van der Waals surface area contributed by atoms with Gasteiger partial charge in [0.25, 0.3) is 10.0 Å². The first kappa shape index (κ1) is 21.6. The van der Waals surface area contributed by atoms with Crippen LogP contribution in [0.1, 0.15) is 25.7 Å². The molecule has 168 valence electrons. The van der Waals surface area contributed by atoms with Crippen LogP contribution in [0.15, 0.2) is 71.9 Å². The molecule has 1 fully saturated rings. The minimum Gasteiger partial charge on any atom is -0.351 e. The number of ketones is 1. The molecular formula is C24H21ClN4O3S. The molecule has 33 heavy (non-hydrogen) atoms. The molecule has 1 aliphatic rings. The molecule has 7 nitrogen and oxygen atoms in total. The lowest BCUT2D eigenvalue weighted by Crippen LogP contribution is -2.28. The summed E-state index contributed by atoms with van der Waals surface area (Å²) < 4.78 is 28.0. The van der Waals surface area contributed by atoms with Crippen molar-refractivity contribution in [2.45, 2.75) is 36.6 Å². The van der Waals surface area contributed by atoms with E-state index in [4.69, 9.17) is 11.6 Å². The zero-order valence-corrected chi connectivity index (χ0v) is 19.2. The van der Waals surface area contributed by atoms with Gasteiger partial charge in [0.2, 0.25) is 5.95 Å². The standard InChI is InChI=1S/C24H21ClN4O3S/c25-21-14-26-24(27-16-7-6-8-17(30)13-16)28-23(21)20-15-29(22-12-5-4-11-19(20)22)33(31,32)18-9-2-1-3-10-18/h1-5,9-12,14-16H,6-8,13H2,(H,26,27,28)/t16-/m1/s1. The fraction of sp³-hybridized carbons (Fsp3) is 0.208. The van der Waals surface area contributed by atoms with Crippen molar-refractivity contribution in [1.82, 2.24) is 13.9 Å². The van der Waals surface area contributed by atoms with Crippen molar-refractivity contribution in [3.8, 4) is 11.3 Å². The van der Waals surface area contributed by atoms with Gasteiger partial charge in [-0.1, -0.05) is 48.0 Å². The fourth-order valence-corrected chi connectivity index (χ4v) is 5.78. The van der Waals surface area contributed by atoms with Crippen LogP contribution in [0, 0.1) is 0 Å². The number of carbonyl (C=O) groups is 1. The number of para-hydroxylation sites is 1. The minimum atomic E-state index is -3.83. The van der Waals surface area contributed by atoms with Crippen LogP contribution >= 0.6 is 11.6 Å². The molecule has 1 aliphatic carbocycles. The van der Waals surface area contributed by atoms with Gasteiger partial charge in [0, 0.05) is 36.0 Å². The quantitative estimate of drug-likeness (QED) is 0.436. The maximum absolute atomic E-state index is 13.4. The van der Waals surface area contributed by atoms with E-state index in [9.17, 15) is 13.2 Å². The summed E-state index contributed by atoms with van der Waals surface area (Å²) in [4.78, 5) is 20.9. The Morgan fingerprint density at radius 1 is 1.06 bits per heavy atom. The summed E-state index contributed by atoms with van der Waals surface area (Å²) in [6.07, 6.45) is 5.80. The molecule has 1 saturated carbocycles. The third-order valence-corrected chi connectivity index (χ3v) is 7.76. The second-order valence-electron chi connectivity index (χ2n) is 8.04. The number of rotatable bonds is 5. The molecule has 2 heterocycles. The molecule has 5 rings (SSSR count). The van der Waals surface area contributed by atoms with Crippen LogP contribution in [-0.4, -0.2) is 34.2 Å². The average molecular weight is 481 g/mol. The molecule has 0 radical (unpaired) electrons. The molecule has 0 unspecified atom stereocenters. The van der Waals surface area contributed by atoms with Gasteiger partial charge in [-0.15, -0.1) is 0 Å². The summed E-state index contributed by atoms with van der Waals surface area (Å²) in [5.74, 6) is 0.582. The first-order chi connectivity index (χ1) is 15.9. The highest BCUT2D eigenvalue weighted by Crippen LogP contribution is 2.35. The van der Waals surface area contributed by atoms with Gasteiger partial charge in [-0.3, -0.25) is 4.79 Å². The lowest BCUT2D eigenvalue weighted by Gasteiger charge is -2.22. The van der Waals surface area contributed by atoms with Crippen molar-refractivity contribution in [1.29, 1.82) is 0 Å². The molecule has 1 N–H and O–H groups in total. The number of hydrogen-bond acceptors (Lipinski definition) is 6. The molecule has 0 bridgehead atoms. The van der Waals surface area contributed by atoms with Crippen molar-refractivity contribution < 1.29 is 13.2 Å². The van der Waals surface area contributed by atoms with Crippen LogP contribution in [0.25, 0.3) is 22.2 Å². The van der Waals surface area contributed by atoms with Crippen LogP contribution in [0.3, 0.4) is 0 Å². The first-order valence-corrected chi connectivity index (χ1v) is 12.5. The lowest BCUT2D eigenvalue weighted by molar-refractivity contribution is -0.120. The second kappa shape index (κ2) is 8.61. The third kappa shape index (κ3) is 4.12. The van der Waals surface area contributed by atoms with E-state index in [1.54, 1.807) is 48.7 Å². The van der Waals surface area contributed by atoms with Gasteiger partial charge in [-0.25, -0.2) is 22.4 Å². The van der Waals surface area contributed by atoms with Crippen molar-refractivity contribution in [3.63, 3.8) is 0 Å². The first-order valence-electron chi connectivity index (χ1n) is 10.7. The van der Waals surface area contributed by atoms with Gasteiger partial charge in [-0.05, 0) is 31.0 Å². The number of aromatic nitrogens is 3. The van der Waals surface area contributed by atoms with Gasteiger partial charge < -0.3 is 5.32 Å². The Kier molecular flexibility index (Phi) is 5.64. The summed E-state index contributed by atoms with van der Waals surface area (Å²) in [7, 11) is -3.83. The predicted molar refractivity (Wildman–Crippen MR) is 128 cm³/mol. The predicted octanol–water partition coefficient (Wildman–Crippen LogP) is 4.91. The van der Waals surface area contributed by atoms with Crippen LogP contribution in [0.2, 0.25) is 5.02 Å². The topological polar surface area (TPSA) is 94.0 Å². The maximum atomic E-state index is 13.4. The normalized spacial score (nSPS) is 16.8. The Morgan fingerprint density at radius 3 is 2.61 bits per heavy atom. The summed E-state index contributed by atoms with van der Waals surface area (Å²) in [6.45, 7) is 0. The van der Waals surface area contributed by atoms with E-state index in [2.05, 4.69) is 15.3 Å². The number of nitrogens with zero attached hydrogens (tertiary/aromatic N) is 3. The smallest absolute Gasteiger partial charge is 0.268 e. The summed E-state index contributed by atoms with van der Waals surface area (Å²) >= 11 is 6.47. The van der Waals surface area contributed by atoms with Gasteiger partial charge in [0.1, 0.15) is 5.78 Å². The van der Waals surface area contributed by atoms with E-state index < -0.39 is 10.0 Å². The highest BCUT2D eigenvalue weighted by atomic mass is 35.5. The lowest BCUT2D eigenvalue weighted by atomic mass is 9.94. The van der Waals surface area contributed by atoms with Gasteiger partial charge in [-0.2, -0.15) is 0 Å². The van der Waals surface area contributed by atoms with Crippen molar-refractivity contribution >= 4 is 44.3 Å². The van der Waals surface area contributed by atoms with E-state index in [0.29, 0.717) is 46.0 Å². The van der Waals surface area contributed by atoms with E-state index in [0.717, 1.165) is 12.8 Å². The Hall–Kier alpha value is -3.23. The van der Waals surface area contributed by atoms with Crippen LogP contribution in [0.5, 0.6) is 0 Å². The number of benzene rings is 2. The number of fused-ring (bicyclic) bond motifs is 1. The molecule has 2 aromatic carbocycles. The molecule has 4 aromatic rings. The zero-order valence-electron chi connectivity index (χ0n) is 17.6. The monoisotopic (exact) mass is 480 g/mol. The van der Waals surface area contributed by atoms with Gasteiger partial charge in [0.15, 0.2) is 0 Å². The number of anilines is 1. The molecule has 2 aromatic heterocycles. The van der Waals surface area contributed by atoms with Crippen LogP contribution in [-0.2, 0) is 14.8 Å². The Morgan fingerprint density at radius 2 is 1.82 bits per heavy atom. The van der Waals surface area contributed by atoms with E-state index in [1.165, 1.54) is 10.2 Å². The maximum Gasteiger partial charge on any atom is 0.268 e. The number of Topliss-reactive ketones (excluding diaryl/α,β-unsaturated/α-hetero) is 1. The van der Waals surface area contributed by atoms with E-state index in [-0.39, 0.29) is 16.7 Å². The van der Waals surface area contributed by atoms with Crippen molar-refractivity contribution in [3.05, 3.63) is 72.0 Å². The molecule has 0 aliphatic heterocycles. The van der Waals surface area contributed by atoms with Gasteiger partial charge in [0.05, 0.1) is 27.3 Å². The SMILES string of the molecule is O=C1CCC[C@@H](Nc2ncc(Cl)c(-c3cn(S(=O)(=O)c4ccccc4)c4ccccc34)n2)C1. The molecule has 0 amide bonds. The van der Waals surface area contributed by atoms with Gasteiger partial charge >= 0.3 is 0 Å².